The van der Waals surface area contributed by atoms with E-state index in [1.807, 2.05) is 36.5 Å². The van der Waals surface area contributed by atoms with Gasteiger partial charge in [0.05, 0.1) is 5.52 Å². The van der Waals surface area contributed by atoms with Gasteiger partial charge in [-0.1, -0.05) is 12.1 Å². The second kappa shape index (κ2) is 5.68. The summed E-state index contributed by atoms with van der Waals surface area (Å²) in [5.41, 5.74) is 2.91. The van der Waals surface area contributed by atoms with Crippen LogP contribution in [0.2, 0.25) is 0 Å². The van der Waals surface area contributed by atoms with Crippen LogP contribution in [0.3, 0.4) is 0 Å². The molecule has 23 heavy (non-hydrogen) atoms. The minimum absolute atomic E-state index is 0.225. The minimum Gasteiger partial charge on any atom is -0.369 e. The van der Waals surface area contributed by atoms with Crippen LogP contribution in [0.5, 0.6) is 0 Å². The van der Waals surface area contributed by atoms with Gasteiger partial charge in [-0.15, -0.1) is 0 Å². The molecule has 4 nitrogen and oxygen atoms in total. The molecule has 0 radical (unpaired) electrons. The van der Waals surface area contributed by atoms with Gasteiger partial charge >= 0.3 is 0 Å². The monoisotopic (exact) mass is 306 g/mol. The van der Waals surface area contributed by atoms with Crippen molar-refractivity contribution in [2.24, 2.45) is 0 Å². The van der Waals surface area contributed by atoms with Gasteiger partial charge < -0.3 is 10.3 Å². The molecule has 0 amide bonds. The van der Waals surface area contributed by atoms with Crippen molar-refractivity contribution < 1.29 is 4.39 Å². The van der Waals surface area contributed by atoms with E-state index in [0.29, 0.717) is 0 Å². The number of nitrogens with one attached hydrogen (secondary N) is 2. The molecule has 0 fully saturated rings. The van der Waals surface area contributed by atoms with Gasteiger partial charge in [0.15, 0.2) is 0 Å². The molecule has 0 aliphatic rings. The zero-order valence-electron chi connectivity index (χ0n) is 12.4. The molecule has 2 N–H and O–H groups in total. The lowest BCUT2D eigenvalue weighted by molar-refractivity contribution is 0.629. The number of fused-ring (bicyclic) bond motifs is 2. The molecule has 2 heterocycles. The number of hydrogen-bond acceptors (Lipinski definition) is 3. The van der Waals surface area contributed by atoms with Gasteiger partial charge in [0, 0.05) is 29.0 Å². The molecule has 0 saturated carbocycles. The van der Waals surface area contributed by atoms with E-state index in [4.69, 9.17) is 0 Å². The Balaban J connectivity index is 1.52. The zero-order chi connectivity index (χ0) is 15.6. The average Bonchev–Trinajstić information content (AvgIpc) is 2.97. The SMILES string of the molecule is Fc1ccc2c(CCNc3ncnc4ccccc34)c[nH]c2c1. The summed E-state index contributed by atoms with van der Waals surface area (Å²) in [5.74, 6) is 0.609. The van der Waals surface area contributed by atoms with Crippen molar-refractivity contribution >= 4 is 27.6 Å². The van der Waals surface area contributed by atoms with Crippen LogP contribution >= 0.6 is 0 Å². The van der Waals surface area contributed by atoms with Crippen LogP contribution in [0.25, 0.3) is 21.8 Å². The topological polar surface area (TPSA) is 53.6 Å². The molecule has 5 heteroatoms. The number of hydrogen-bond donors (Lipinski definition) is 2. The molecule has 0 unspecified atom stereocenters. The number of aromatic nitrogens is 3. The van der Waals surface area contributed by atoms with Gasteiger partial charge in [-0.3, -0.25) is 0 Å². The first-order valence-corrected chi connectivity index (χ1v) is 7.50. The standard InChI is InChI=1S/C18H15FN4/c19-13-5-6-14-12(10-21-17(14)9-13)7-8-20-18-15-3-1-2-4-16(15)22-11-23-18/h1-6,9-11,21H,7-8H2,(H,20,22,23). The van der Waals surface area contributed by atoms with Gasteiger partial charge in [0.2, 0.25) is 0 Å². The summed E-state index contributed by atoms with van der Waals surface area (Å²) in [6.45, 7) is 0.741. The molecule has 114 valence electrons. The van der Waals surface area contributed by atoms with Crippen molar-refractivity contribution in [1.82, 2.24) is 15.0 Å². The fourth-order valence-electron chi connectivity index (χ4n) is 2.83. The highest BCUT2D eigenvalue weighted by molar-refractivity contribution is 5.88. The molecule has 0 bridgehead atoms. The maximum Gasteiger partial charge on any atom is 0.137 e. The molecular formula is C18H15FN4. The summed E-state index contributed by atoms with van der Waals surface area (Å²) in [5, 5.41) is 5.43. The van der Waals surface area contributed by atoms with Crippen molar-refractivity contribution in [3.8, 4) is 0 Å². The Morgan fingerprint density at radius 2 is 1.96 bits per heavy atom. The molecular weight excluding hydrogens is 291 g/mol. The third kappa shape index (κ3) is 2.61. The van der Waals surface area contributed by atoms with Crippen molar-refractivity contribution in [1.29, 1.82) is 0 Å². The van der Waals surface area contributed by atoms with Crippen molar-refractivity contribution in [2.45, 2.75) is 6.42 Å². The van der Waals surface area contributed by atoms with E-state index in [-0.39, 0.29) is 5.82 Å². The number of benzene rings is 2. The Hall–Kier alpha value is -2.95. The second-order valence-corrected chi connectivity index (χ2v) is 5.42. The molecule has 0 saturated heterocycles. The Kier molecular flexibility index (Phi) is 3.38. The van der Waals surface area contributed by atoms with E-state index in [2.05, 4.69) is 20.3 Å². The predicted molar refractivity (Wildman–Crippen MR) is 90.0 cm³/mol. The quantitative estimate of drug-likeness (QED) is 0.601. The largest absolute Gasteiger partial charge is 0.369 e. The number of rotatable bonds is 4. The van der Waals surface area contributed by atoms with Gasteiger partial charge in [0.1, 0.15) is 18.0 Å². The van der Waals surface area contributed by atoms with Crippen molar-refractivity contribution in [2.75, 3.05) is 11.9 Å². The molecule has 4 rings (SSSR count). The van der Waals surface area contributed by atoms with Gasteiger partial charge in [-0.2, -0.15) is 0 Å². The smallest absolute Gasteiger partial charge is 0.137 e. The summed E-state index contributed by atoms with van der Waals surface area (Å²) in [6, 6.07) is 12.7. The summed E-state index contributed by atoms with van der Waals surface area (Å²) in [7, 11) is 0. The fraction of sp³-hybridized carbons (Fsp3) is 0.111. The van der Waals surface area contributed by atoms with Crippen LogP contribution < -0.4 is 5.32 Å². The van der Waals surface area contributed by atoms with Crippen LogP contribution in [0.1, 0.15) is 5.56 Å². The highest BCUT2D eigenvalue weighted by atomic mass is 19.1. The molecule has 0 aliphatic carbocycles. The molecule has 0 spiro atoms. The Labute approximate surface area is 132 Å². The summed E-state index contributed by atoms with van der Waals surface area (Å²) < 4.78 is 13.2. The first-order valence-electron chi connectivity index (χ1n) is 7.50. The Bertz CT molecular complexity index is 972. The lowest BCUT2D eigenvalue weighted by atomic mass is 10.1. The highest BCUT2D eigenvalue weighted by Gasteiger charge is 2.06. The van der Waals surface area contributed by atoms with Crippen molar-refractivity contribution in [3.05, 3.63) is 66.4 Å². The Morgan fingerprint density at radius 1 is 1.04 bits per heavy atom. The number of para-hydroxylation sites is 1. The maximum atomic E-state index is 13.2. The predicted octanol–water partition coefficient (Wildman–Crippen LogP) is 3.90. The normalized spacial score (nSPS) is 11.2. The molecule has 2 aromatic heterocycles. The second-order valence-electron chi connectivity index (χ2n) is 5.42. The number of anilines is 1. The van der Waals surface area contributed by atoms with Crippen LogP contribution in [0, 0.1) is 5.82 Å². The lowest BCUT2D eigenvalue weighted by Crippen LogP contribution is -2.06. The summed E-state index contributed by atoms with van der Waals surface area (Å²) in [4.78, 5) is 11.7. The van der Waals surface area contributed by atoms with Crippen LogP contribution in [0.4, 0.5) is 10.2 Å². The number of H-pyrrole nitrogens is 1. The molecule has 4 aromatic rings. The van der Waals surface area contributed by atoms with Crippen LogP contribution in [0.15, 0.2) is 55.0 Å². The van der Waals surface area contributed by atoms with Crippen molar-refractivity contribution in [3.63, 3.8) is 0 Å². The average molecular weight is 306 g/mol. The minimum atomic E-state index is -0.225. The van der Waals surface area contributed by atoms with E-state index >= 15 is 0 Å². The number of aromatic amines is 1. The highest BCUT2D eigenvalue weighted by Crippen LogP contribution is 2.21. The Morgan fingerprint density at radius 3 is 2.91 bits per heavy atom. The van der Waals surface area contributed by atoms with Crippen LogP contribution in [-0.4, -0.2) is 21.5 Å². The number of nitrogens with zero attached hydrogens (tertiary/aromatic N) is 2. The first-order chi connectivity index (χ1) is 11.3. The van der Waals surface area contributed by atoms with Gasteiger partial charge in [-0.05, 0) is 42.3 Å². The van der Waals surface area contributed by atoms with E-state index in [0.717, 1.165) is 46.2 Å². The van der Waals surface area contributed by atoms with Gasteiger partial charge in [0.25, 0.3) is 0 Å². The first kappa shape index (κ1) is 13.7. The van der Waals surface area contributed by atoms with E-state index in [1.54, 1.807) is 6.33 Å². The lowest BCUT2D eigenvalue weighted by Gasteiger charge is -2.07. The van der Waals surface area contributed by atoms with E-state index < -0.39 is 0 Å². The number of halogens is 1. The third-order valence-corrected chi connectivity index (χ3v) is 3.96. The molecule has 2 aromatic carbocycles. The maximum absolute atomic E-state index is 13.2. The van der Waals surface area contributed by atoms with E-state index in [9.17, 15) is 4.39 Å². The summed E-state index contributed by atoms with van der Waals surface area (Å²) >= 11 is 0. The summed E-state index contributed by atoms with van der Waals surface area (Å²) in [6.07, 6.45) is 4.33. The fourth-order valence-corrected chi connectivity index (χ4v) is 2.83. The zero-order valence-corrected chi connectivity index (χ0v) is 12.4. The van der Waals surface area contributed by atoms with Crippen LogP contribution in [-0.2, 0) is 6.42 Å². The third-order valence-electron chi connectivity index (χ3n) is 3.96. The van der Waals surface area contributed by atoms with Gasteiger partial charge in [-0.25, -0.2) is 14.4 Å². The molecule has 0 aliphatic heterocycles. The van der Waals surface area contributed by atoms with E-state index in [1.165, 1.54) is 12.1 Å². The molecule has 0 atom stereocenters.